The van der Waals surface area contributed by atoms with E-state index in [-0.39, 0.29) is 0 Å². The first-order valence-electron chi connectivity index (χ1n) is 7.12. The molecule has 0 saturated heterocycles. The van der Waals surface area contributed by atoms with E-state index in [4.69, 9.17) is 4.74 Å². The van der Waals surface area contributed by atoms with Crippen molar-refractivity contribution in [2.24, 2.45) is 0 Å². The number of likely N-dealkylation sites (N-methyl/N-ethyl adjacent to an activating group) is 2. The molecule has 1 heterocycles. The minimum absolute atomic E-state index is 0.733. The molecular formula is C15H22N4OS. The largest absolute Gasteiger partial charge is 0.497 e. The molecule has 0 aliphatic rings. The summed E-state index contributed by atoms with van der Waals surface area (Å²) in [5, 5.41) is 4.15. The Morgan fingerprint density at radius 3 is 2.95 bits per heavy atom. The van der Waals surface area contributed by atoms with Gasteiger partial charge in [0.15, 0.2) is 0 Å². The highest BCUT2D eigenvalue weighted by Gasteiger charge is 2.11. The van der Waals surface area contributed by atoms with Crippen LogP contribution in [0.25, 0.3) is 0 Å². The molecular weight excluding hydrogens is 284 g/mol. The van der Waals surface area contributed by atoms with Crippen LogP contribution in [0.4, 0.5) is 5.13 Å². The molecule has 2 rings (SSSR count). The molecule has 1 N–H and O–H groups in total. The van der Waals surface area contributed by atoms with E-state index in [9.17, 15) is 0 Å². The van der Waals surface area contributed by atoms with Crippen molar-refractivity contribution in [1.29, 1.82) is 0 Å². The lowest BCUT2D eigenvalue weighted by Crippen LogP contribution is -2.30. The smallest absolute Gasteiger partial charge is 0.205 e. The number of methoxy groups -OCH3 is 1. The summed E-state index contributed by atoms with van der Waals surface area (Å²) in [6.45, 7) is 4.97. The molecule has 0 radical (unpaired) electrons. The van der Waals surface area contributed by atoms with Gasteiger partial charge in [0.05, 0.1) is 7.11 Å². The minimum atomic E-state index is 0.733. The lowest BCUT2D eigenvalue weighted by atomic mass is 10.1. The zero-order chi connectivity index (χ0) is 15.1. The van der Waals surface area contributed by atoms with Crippen LogP contribution in [0.2, 0.25) is 0 Å². The number of hydrogen-bond donors (Lipinski definition) is 1. The highest BCUT2D eigenvalue weighted by molar-refractivity contribution is 7.09. The topological polar surface area (TPSA) is 50.3 Å². The number of aromatic nitrogens is 2. The number of rotatable bonds is 8. The Morgan fingerprint density at radius 1 is 1.38 bits per heavy atom. The number of benzene rings is 1. The lowest BCUT2D eigenvalue weighted by Gasteiger charge is -2.18. The highest BCUT2D eigenvalue weighted by Crippen LogP contribution is 2.20. The van der Waals surface area contributed by atoms with Gasteiger partial charge in [-0.1, -0.05) is 12.1 Å². The van der Waals surface area contributed by atoms with Crippen molar-refractivity contribution in [3.63, 3.8) is 0 Å². The molecule has 0 saturated carbocycles. The summed E-state index contributed by atoms with van der Waals surface area (Å²) in [5.41, 5.74) is 1.16. The van der Waals surface area contributed by atoms with Gasteiger partial charge >= 0.3 is 0 Å². The predicted octanol–water partition coefficient (Wildman–Crippen LogP) is 2.18. The van der Waals surface area contributed by atoms with Crippen molar-refractivity contribution in [1.82, 2.24) is 14.7 Å². The number of anilines is 1. The normalized spacial score (nSPS) is 10.6. The quantitative estimate of drug-likeness (QED) is 0.810. The third-order valence-corrected chi connectivity index (χ3v) is 4.05. The SMILES string of the molecule is CCN(CCNC)c1nc(Cc2cccc(OC)c2)ns1. The first-order chi connectivity index (χ1) is 10.3. The van der Waals surface area contributed by atoms with Gasteiger partial charge in [-0.2, -0.15) is 4.37 Å². The third-order valence-electron chi connectivity index (χ3n) is 3.24. The molecule has 0 aliphatic carbocycles. The van der Waals surface area contributed by atoms with Gasteiger partial charge in [-0.05, 0) is 31.7 Å². The molecule has 0 spiro atoms. The van der Waals surface area contributed by atoms with E-state index in [1.807, 2.05) is 25.2 Å². The van der Waals surface area contributed by atoms with E-state index in [2.05, 4.69) is 32.6 Å². The summed E-state index contributed by atoms with van der Waals surface area (Å²) >= 11 is 1.47. The summed E-state index contributed by atoms with van der Waals surface area (Å²) in [6, 6.07) is 8.04. The number of nitrogens with zero attached hydrogens (tertiary/aromatic N) is 3. The fraction of sp³-hybridized carbons (Fsp3) is 0.467. The second kappa shape index (κ2) is 7.95. The van der Waals surface area contributed by atoms with E-state index in [0.717, 1.165) is 48.3 Å². The van der Waals surface area contributed by atoms with E-state index < -0.39 is 0 Å². The van der Waals surface area contributed by atoms with Crippen LogP contribution in [0.1, 0.15) is 18.3 Å². The Balaban J connectivity index is 2.04. The van der Waals surface area contributed by atoms with Crippen LogP contribution in [0.3, 0.4) is 0 Å². The van der Waals surface area contributed by atoms with Gasteiger partial charge in [0.25, 0.3) is 0 Å². The summed E-state index contributed by atoms with van der Waals surface area (Å²) in [5.74, 6) is 1.73. The zero-order valence-corrected chi connectivity index (χ0v) is 13.6. The first kappa shape index (κ1) is 15.7. The fourth-order valence-electron chi connectivity index (χ4n) is 2.05. The van der Waals surface area contributed by atoms with Gasteiger partial charge in [-0.15, -0.1) is 0 Å². The molecule has 0 bridgehead atoms. The molecule has 6 heteroatoms. The van der Waals surface area contributed by atoms with Crippen LogP contribution in [-0.2, 0) is 6.42 Å². The standard InChI is InChI=1S/C15H22N4OS/c1-4-19(9-8-16-2)15-17-14(18-21-15)11-12-6-5-7-13(10-12)20-3/h5-7,10,16H,4,8-9,11H2,1-3H3. The van der Waals surface area contributed by atoms with Gasteiger partial charge in [0, 0.05) is 37.6 Å². The summed E-state index contributed by atoms with van der Waals surface area (Å²) < 4.78 is 9.72. The Hall–Kier alpha value is -1.66. The van der Waals surface area contributed by atoms with E-state index in [0.29, 0.717) is 0 Å². The average Bonchev–Trinajstić information content (AvgIpc) is 2.96. The molecule has 1 aromatic heterocycles. The van der Waals surface area contributed by atoms with Gasteiger partial charge in [0.2, 0.25) is 5.13 Å². The van der Waals surface area contributed by atoms with Crippen LogP contribution in [0, 0.1) is 0 Å². The molecule has 0 fully saturated rings. The van der Waals surface area contributed by atoms with Crippen molar-refractivity contribution in [2.75, 3.05) is 38.7 Å². The van der Waals surface area contributed by atoms with Crippen LogP contribution >= 0.6 is 11.5 Å². The molecule has 21 heavy (non-hydrogen) atoms. The van der Waals surface area contributed by atoms with Crippen molar-refractivity contribution < 1.29 is 4.74 Å². The Bertz CT molecular complexity index is 558. The van der Waals surface area contributed by atoms with Crippen molar-refractivity contribution >= 4 is 16.7 Å². The lowest BCUT2D eigenvalue weighted by molar-refractivity contribution is 0.414. The molecule has 114 valence electrons. The first-order valence-corrected chi connectivity index (χ1v) is 7.89. The maximum atomic E-state index is 5.24. The van der Waals surface area contributed by atoms with Crippen molar-refractivity contribution in [2.45, 2.75) is 13.3 Å². The van der Waals surface area contributed by atoms with Crippen LogP contribution in [0.5, 0.6) is 5.75 Å². The molecule has 0 atom stereocenters. The number of nitrogens with one attached hydrogen (secondary N) is 1. The summed E-state index contributed by atoms with van der Waals surface area (Å²) in [7, 11) is 3.64. The Morgan fingerprint density at radius 2 is 2.24 bits per heavy atom. The number of ether oxygens (including phenoxy) is 1. The zero-order valence-electron chi connectivity index (χ0n) is 12.8. The molecule has 0 aliphatic heterocycles. The van der Waals surface area contributed by atoms with E-state index >= 15 is 0 Å². The van der Waals surface area contributed by atoms with Crippen LogP contribution in [0.15, 0.2) is 24.3 Å². The second-order valence-corrected chi connectivity index (χ2v) is 5.44. The van der Waals surface area contributed by atoms with Gasteiger partial charge in [-0.3, -0.25) is 0 Å². The maximum Gasteiger partial charge on any atom is 0.205 e. The number of hydrogen-bond acceptors (Lipinski definition) is 6. The Labute approximate surface area is 130 Å². The minimum Gasteiger partial charge on any atom is -0.497 e. The van der Waals surface area contributed by atoms with Gasteiger partial charge < -0.3 is 15.0 Å². The third kappa shape index (κ3) is 4.41. The summed E-state index contributed by atoms with van der Waals surface area (Å²) in [4.78, 5) is 6.89. The maximum absolute atomic E-state index is 5.24. The molecule has 5 nitrogen and oxygen atoms in total. The van der Waals surface area contributed by atoms with Gasteiger partial charge in [-0.25, -0.2) is 4.98 Å². The van der Waals surface area contributed by atoms with E-state index in [1.54, 1.807) is 7.11 Å². The molecule has 1 aromatic carbocycles. The average molecular weight is 306 g/mol. The molecule has 0 amide bonds. The van der Waals surface area contributed by atoms with Gasteiger partial charge in [0.1, 0.15) is 11.6 Å². The molecule has 0 unspecified atom stereocenters. The summed E-state index contributed by atoms with van der Waals surface area (Å²) in [6.07, 6.45) is 0.733. The highest BCUT2D eigenvalue weighted by atomic mass is 32.1. The van der Waals surface area contributed by atoms with Crippen molar-refractivity contribution in [3.05, 3.63) is 35.7 Å². The Kier molecular flexibility index (Phi) is 5.95. The van der Waals surface area contributed by atoms with Crippen molar-refractivity contribution in [3.8, 4) is 5.75 Å². The predicted molar refractivity (Wildman–Crippen MR) is 87.5 cm³/mol. The molecule has 2 aromatic rings. The fourth-order valence-corrected chi connectivity index (χ4v) is 2.82. The van der Waals surface area contributed by atoms with E-state index in [1.165, 1.54) is 11.5 Å². The van der Waals surface area contributed by atoms with Crippen LogP contribution < -0.4 is 15.0 Å². The van der Waals surface area contributed by atoms with Crippen LogP contribution in [-0.4, -0.2) is 43.1 Å². The second-order valence-electron chi connectivity index (χ2n) is 4.70. The monoisotopic (exact) mass is 306 g/mol.